The molecule has 0 spiro atoms. The van der Waals surface area contributed by atoms with Gasteiger partial charge in [-0.3, -0.25) is 0 Å². The summed E-state index contributed by atoms with van der Waals surface area (Å²) in [6, 6.07) is 4.04. The molecule has 0 radical (unpaired) electrons. The van der Waals surface area contributed by atoms with E-state index in [9.17, 15) is 9.18 Å². The van der Waals surface area contributed by atoms with E-state index >= 15 is 0 Å². The summed E-state index contributed by atoms with van der Waals surface area (Å²) < 4.78 is 13.7. The van der Waals surface area contributed by atoms with Gasteiger partial charge >= 0.3 is 5.97 Å². The first-order valence-electron chi connectivity index (χ1n) is 5.91. The molecule has 0 atom stereocenters. The van der Waals surface area contributed by atoms with Crippen molar-refractivity contribution in [3.05, 3.63) is 29.6 Å². The Balaban J connectivity index is 2.77. The zero-order chi connectivity index (χ0) is 13.5. The van der Waals surface area contributed by atoms with Crippen molar-refractivity contribution in [1.82, 2.24) is 0 Å². The lowest BCUT2D eigenvalue weighted by molar-refractivity contribution is 0.0697. The van der Waals surface area contributed by atoms with Gasteiger partial charge in [-0.25, -0.2) is 9.18 Å². The first-order chi connectivity index (χ1) is 8.57. The number of anilines is 1. The fourth-order valence-electron chi connectivity index (χ4n) is 1.83. The molecule has 0 saturated heterocycles. The molecule has 1 rings (SSSR count). The lowest BCUT2D eigenvalue weighted by Crippen LogP contribution is -2.22. The predicted octanol–water partition coefficient (Wildman–Crippen LogP) is 2.12. The third kappa shape index (κ3) is 3.70. The van der Waals surface area contributed by atoms with Crippen LogP contribution in [0, 0.1) is 5.82 Å². The Morgan fingerprint density at radius 1 is 1.33 bits per heavy atom. The van der Waals surface area contributed by atoms with E-state index in [0.29, 0.717) is 13.0 Å². The second-order valence-electron chi connectivity index (χ2n) is 4.15. The van der Waals surface area contributed by atoms with Crippen molar-refractivity contribution in [1.29, 1.82) is 0 Å². The number of aliphatic hydroxyl groups is 1. The van der Waals surface area contributed by atoms with E-state index in [1.54, 1.807) is 11.9 Å². The molecule has 0 heterocycles. The van der Waals surface area contributed by atoms with Crippen LogP contribution in [0.5, 0.6) is 0 Å². The molecule has 18 heavy (non-hydrogen) atoms. The van der Waals surface area contributed by atoms with E-state index in [1.807, 2.05) is 0 Å². The predicted molar refractivity (Wildman–Crippen MR) is 67.6 cm³/mol. The van der Waals surface area contributed by atoms with Gasteiger partial charge in [0, 0.05) is 20.2 Å². The molecule has 0 unspecified atom stereocenters. The van der Waals surface area contributed by atoms with E-state index in [-0.39, 0.29) is 17.9 Å². The molecule has 5 heteroatoms. The number of para-hydroxylation sites is 1. The lowest BCUT2D eigenvalue weighted by atomic mass is 10.1. The van der Waals surface area contributed by atoms with E-state index in [0.717, 1.165) is 12.8 Å². The summed E-state index contributed by atoms with van der Waals surface area (Å²) in [6.45, 7) is 0.699. The average Bonchev–Trinajstić information content (AvgIpc) is 2.34. The number of nitrogens with zero attached hydrogens (tertiary/aromatic N) is 1. The topological polar surface area (TPSA) is 60.8 Å². The van der Waals surface area contributed by atoms with Gasteiger partial charge in [0.25, 0.3) is 0 Å². The highest BCUT2D eigenvalue weighted by atomic mass is 19.1. The van der Waals surface area contributed by atoms with Gasteiger partial charge < -0.3 is 15.1 Å². The summed E-state index contributed by atoms with van der Waals surface area (Å²) in [5.74, 6) is -1.66. The number of unbranched alkanes of at least 4 members (excludes halogenated alkanes) is 2. The van der Waals surface area contributed by atoms with Crippen LogP contribution < -0.4 is 4.90 Å². The Morgan fingerprint density at radius 2 is 2.06 bits per heavy atom. The van der Waals surface area contributed by atoms with Crippen LogP contribution in [0.15, 0.2) is 18.2 Å². The minimum atomic E-state index is -1.13. The molecular weight excluding hydrogens is 237 g/mol. The van der Waals surface area contributed by atoms with Gasteiger partial charge in [0.1, 0.15) is 5.82 Å². The number of rotatable bonds is 7. The number of aromatic carboxylic acids is 1. The van der Waals surface area contributed by atoms with Crippen molar-refractivity contribution >= 4 is 11.7 Å². The van der Waals surface area contributed by atoms with Crippen molar-refractivity contribution in [3.8, 4) is 0 Å². The summed E-state index contributed by atoms with van der Waals surface area (Å²) in [6.07, 6.45) is 2.32. The van der Waals surface area contributed by atoms with Crippen molar-refractivity contribution < 1.29 is 19.4 Å². The van der Waals surface area contributed by atoms with E-state index in [4.69, 9.17) is 10.2 Å². The fourth-order valence-corrected chi connectivity index (χ4v) is 1.83. The molecule has 0 saturated carbocycles. The minimum Gasteiger partial charge on any atom is -0.478 e. The molecule has 1 aromatic carbocycles. The largest absolute Gasteiger partial charge is 0.478 e. The molecule has 0 aliphatic carbocycles. The smallest absolute Gasteiger partial charge is 0.337 e. The van der Waals surface area contributed by atoms with Crippen LogP contribution >= 0.6 is 0 Å². The number of carboxylic acids is 1. The summed E-state index contributed by atoms with van der Waals surface area (Å²) in [5.41, 5.74) is 0.0913. The highest BCUT2D eigenvalue weighted by Crippen LogP contribution is 2.23. The third-order valence-corrected chi connectivity index (χ3v) is 2.75. The SMILES string of the molecule is CN(CCCCCO)c1c(F)cccc1C(=O)O. The van der Waals surface area contributed by atoms with Crippen LogP contribution in [0.3, 0.4) is 0 Å². The van der Waals surface area contributed by atoms with Crippen molar-refractivity contribution in [2.45, 2.75) is 19.3 Å². The van der Waals surface area contributed by atoms with Crippen LogP contribution in [0.4, 0.5) is 10.1 Å². The molecule has 4 nitrogen and oxygen atoms in total. The molecule has 0 aliphatic heterocycles. The molecule has 0 bridgehead atoms. The Bertz CT molecular complexity index is 409. The maximum atomic E-state index is 13.7. The Kier molecular flexibility index (Phi) is 5.58. The van der Waals surface area contributed by atoms with Crippen LogP contribution in [0.2, 0.25) is 0 Å². The van der Waals surface area contributed by atoms with Gasteiger partial charge in [-0.05, 0) is 31.4 Å². The molecule has 0 amide bonds. The highest BCUT2D eigenvalue weighted by Gasteiger charge is 2.17. The summed E-state index contributed by atoms with van der Waals surface area (Å²) in [5, 5.41) is 17.7. The van der Waals surface area contributed by atoms with E-state index < -0.39 is 11.8 Å². The molecule has 2 N–H and O–H groups in total. The van der Waals surface area contributed by atoms with Crippen molar-refractivity contribution in [3.63, 3.8) is 0 Å². The zero-order valence-corrected chi connectivity index (χ0v) is 10.4. The summed E-state index contributed by atoms with van der Waals surface area (Å²) >= 11 is 0. The van der Waals surface area contributed by atoms with Crippen LogP contribution in [-0.2, 0) is 0 Å². The first-order valence-corrected chi connectivity index (χ1v) is 5.91. The average molecular weight is 255 g/mol. The standard InChI is InChI=1S/C13H18FNO3/c1-15(8-3-2-4-9-16)12-10(13(17)18)6-5-7-11(12)14/h5-7,16H,2-4,8-9H2,1H3,(H,17,18). The zero-order valence-electron chi connectivity index (χ0n) is 10.4. The normalized spacial score (nSPS) is 10.4. The second kappa shape index (κ2) is 6.96. The highest BCUT2D eigenvalue weighted by molar-refractivity contribution is 5.94. The molecule has 100 valence electrons. The number of halogens is 1. The molecule has 1 aromatic rings. The number of benzene rings is 1. The van der Waals surface area contributed by atoms with Gasteiger partial charge in [0.05, 0.1) is 11.3 Å². The van der Waals surface area contributed by atoms with Gasteiger partial charge in [-0.15, -0.1) is 0 Å². The van der Waals surface area contributed by atoms with Crippen LogP contribution in [0.25, 0.3) is 0 Å². The minimum absolute atomic E-state index is 0.0281. The quantitative estimate of drug-likeness (QED) is 0.733. The van der Waals surface area contributed by atoms with E-state index in [2.05, 4.69) is 0 Å². The molecule has 0 aromatic heterocycles. The number of hydrogen-bond acceptors (Lipinski definition) is 3. The fraction of sp³-hybridized carbons (Fsp3) is 0.462. The van der Waals surface area contributed by atoms with Gasteiger partial charge in [-0.1, -0.05) is 6.07 Å². The lowest BCUT2D eigenvalue weighted by Gasteiger charge is -2.21. The van der Waals surface area contributed by atoms with Crippen LogP contribution in [0.1, 0.15) is 29.6 Å². The Hall–Kier alpha value is -1.62. The number of hydrogen-bond donors (Lipinski definition) is 2. The summed E-state index contributed by atoms with van der Waals surface area (Å²) in [7, 11) is 1.67. The first kappa shape index (κ1) is 14.4. The Labute approximate surface area is 106 Å². The Morgan fingerprint density at radius 3 is 2.67 bits per heavy atom. The number of carboxylic acid groups (broad SMARTS) is 1. The van der Waals surface area contributed by atoms with Crippen LogP contribution in [-0.4, -0.2) is 36.4 Å². The van der Waals surface area contributed by atoms with Gasteiger partial charge in [0.2, 0.25) is 0 Å². The number of carbonyl (C=O) groups is 1. The monoisotopic (exact) mass is 255 g/mol. The molecular formula is C13H18FNO3. The number of aliphatic hydroxyl groups excluding tert-OH is 1. The van der Waals surface area contributed by atoms with Crippen molar-refractivity contribution in [2.75, 3.05) is 25.1 Å². The van der Waals surface area contributed by atoms with E-state index in [1.165, 1.54) is 18.2 Å². The van der Waals surface area contributed by atoms with Crippen molar-refractivity contribution in [2.24, 2.45) is 0 Å². The maximum Gasteiger partial charge on any atom is 0.337 e. The summed E-state index contributed by atoms with van der Waals surface area (Å²) in [4.78, 5) is 12.6. The molecule has 0 fully saturated rings. The second-order valence-corrected chi connectivity index (χ2v) is 4.15. The van der Waals surface area contributed by atoms with Gasteiger partial charge in [0.15, 0.2) is 0 Å². The van der Waals surface area contributed by atoms with Gasteiger partial charge in [-0.2, -0.15) is 0 Å². The maximum absolute atomic E-state index is 13.7. The molecule has 0 aliphatic rings. The third-order valence-electron chi connectivity index (χ3n) is 2.75.